The number of halogens is 1. The summed E-state index contributed by atoms with van der Waals surface area (Å²) in [6, 6.07) is 5.97. The van der Waals surface area contributed by atoms with E-state index in [0.717, 1.165) is 0 Å². The molecule has 0 bridgehead atoms. The molecule has 0 atom stereocenters. The third-order valence-corrected chi connectivity index (χ3v) is 2.64. The summed E-state index contributed by atoms with van der Waals surface area (Å²) in [6.07, 6.45) is 0. The fraction of sp³-hybridized carbons (Fsp3) is 0.0833. The van der Waals surface area contributed by atoms with Gasteiger partial charge in [-0.2, -0.15) is 4.98 Å². The van der Waals surface area contributed by atoms with Crippen molar-refractivity contribution >= 4 is 22.8 Å². The quantitative estimate of drug-likeness (QED) is 0.655. The minimum atomic E-state index is -0.349. The van der Waals surface area contributed by atoms with Crippen molar-refractivity contribution in [1.29, 1.82) is 0 Å². The molecule has 0 aliphatic carbocycles. The van der Waals surface area contributed by atoms with Crippen LogP contribution in [0.25, 0.3) is 11.2 Å². The second-order valence-electron chi connectivity index (χ2n) is 4.07. The molecule has 0 fully saturated rings. The summed E-state index contributed by atoms with van der Waals surface area (Å²) in [5, 5.41) is 2.89. The number of nitrogens with zero attached hydrogens (tertiary/aromatic N) is 2. The van der Waals surface area contributed by atoms with Crippen molar-refractivity contribution in [2.75, 3.05) is 5.32 Å². The van der Waals surface area contributed by atoms with Crippen molar-refractivity contribution in [3.8, 4) is 0 Å². The van der Waals surface area contributed by atoms with Gasteiger partial charge in [-0.3, -0.25) is 4.98 Å². The van der Waals surface area contributed by atoms with Crippen molar-refractivity contribution in [3.63, 3.8) is 0 Å². The van der Waals surface area contributed by atoms with Gasteiger partial charge in [0.15, 0.2) is 5.65 Å². The van der Waals surface area contributed by atoms with E-state index in [9.17, 15) is 9.18 Å². The Kier molecular flexibility index (Phi) is 2.52. The molecule has 2 heterocycles. The summed E-state index contributed by atoms with van der Waals surface area (Å²) in [6.45, 7) is 1.75. The number of aryl methyl sites for hydroxylation is 1. The topological polar surface area (TPSA) is 86.5 Å². The first kappa shape index (κ1) is 11.4. The number of aromatic nitrogens is 4. The average molecular weight is 259 g/mol. The number of anilines is 2. The fourth-order valence-corrected chi connectivity index (χ4v) is 1.82. The number of aromatic amines is 2. The van der Waals surface area contributed by atoms with Crippen LogP contribution in [-0.2, 0) is 0 Å². The molecule has 3 N–H and O–H groups in total. The molecule has 1 aromatic carbocycles. The summed E-state index contributed by atoms with van der Waals surface area (Å²) >= 11 is 0. The molecule has 6 nitrogen and oxygen atoms in total. The molecule has 0 spiro atoms. The van der Waals surface area contributed by atoms with Gasteiger partial charge in [0.2, 0.25) is 5.95 Å². The zero-order valence-corrected chi connectivity index (χ0v) is 9.99. The first-order chi connectivity index (χ1) is 9.11. The van der Waals surface area contributed by atoms with Crippen LogP contribution >= 0.6 is 0 Å². The number of nitrogens with one attached hydrogen (secondary N) is 3. The molecule has 0 aliphatic rings. The minimum absolute atomic E-state index is 0.297. The van der Waals surface area contributed by atoms with Crippen molar-refractivity contribution in [3.05, 3.63) is 46.3 Å². The Morgan fingerprint density at radius 3 is 2.89 bits per heavy atom. The highest BCUT2D eigenvalue weighted by molar-refractivity contribution is 5.74. The van der Waals surface area contributed by atoms with E-state index in [2.05, 4.69) is 25.3 Å². The van der Waals surface area contributed by atoms with Gasteiger partial charge < -0.3 is 10.3 Å². The molecular formula is C12H10FN5O. The monoisotopic (exact) mass is 259 g/mol. The smallest absolute Gasteiger partial charge is 0.324 e. The fourth-order valence-electron chi connectivity index (χ4n) is 1.82. The Labute approximate surface area is 106 Å². The number of H-pyrrole nitrogens is 2. The molecule has 0 radical (unpaired) electrons. The van der Waals surface area contributed by atoms with Crippen molar-refractivity contribution < 1.29 is 4.39 Å². The van der Waals surface area contributed by atoms with Crippen LogP contribution in [0.15, 0.2) is 29.1 Å². The molecule has 0 unspecified atom stereocenters. The van der Waals surface area contributed by atoms with Crippen LogP contribution in [0, 0.1) is 12.7 Å². The van der Waals surface area contributed by atoms with Gasteiger partial charge in [0.05, 0.1) is 5.69 Å². The molecule has 0 amide bonds. The van der Waals surface area contributed by atoms with Crippen molar-refractivity contribution in [2.24, 2.45) is 0 Å². The zero-order valence-electron chi connectivity index (χ0n) is 9.99. The molecular weight excluding hydrogens is 249 g/mol. The van der Waals surface area contributed by atoms with Crippen LogP contribution in [-0.4, -0.2) is 19.9 Å². The summed E-state index contributed by atoms with van der Waals surface area (Å²) in [5.74, 6) is -0.0521. The maximum Gasteiger partial charge on any atom is 0.325 e. The second-order valence-corrected chi connectivity index (χ2v) is 4.07. The number of rotatable bonds is 2. The molecule has 0 aliphatic heterocycles. The Morgan fingerprint density at radius 2 is 2.11 bits per heavy atom. The normalized spacial score (nSPS) is 10.8. The van der Waals surface area contributed by atoms with Crippen molar-refractivity contribution in [2.45, 2.75) is 6.92 Å². The predicted octanol–water partition coefficient (Wildman–Crippen LogP) is 1.84. The van der Waals surface area contributed by atoms with Crippen molar-refractivity contribution in [1.82, 2.24) is 19.9 Å². The largest absolute Gasteiger partial charge is 0.325 e. The van der Waals surface area contributed by atoms with Crippen LogP contribution in [0.4, 0.5) is 16.0 Å². The van der Waals surface area contributed by atoms with E-state index in [-0.39, 0.29) is 11.5 Å². The highest BCUT2D eigenvalue weighted by atomic mass is 19.1. The average Bonchev–Trinajstić information content (AvgIpc) is 2.70. The number of benzene rings is 1. The lowest BCUT2D eigenvalue weighted by atomic mass is 10.3. The van der Waals surface area contributed by atoms with Gasteiger partial charge in [-0.15, -0.1) is 0 Å². The van der Waals surface area contributed by atoms with Crippen LogP contribution < -0.4 is 11.0 Å². The third kappa shape index (κ3) is 2.17. The molecule has 7 heteroatoms. The van der Waals surface area contributed by atoms with Gasteiger partial charge in [-0.1, -0.05) is 6.07 Å². The first-order valence-corrected chi connectivity index (χ1v) is 5.61. The standard InChI is InChI=1S/C12H10FN5O/c1-6-9-10(18-12(19)16-9)17-11(14-6)15-8-4-2-3-7(13)5-8/h2-5H,1H3,(H3,14,15,16,17,18,19). The minimum Gasteiger partial charge on any atom is -0.324 e. The Balaban J connectivity index is 2.03. The Morgan fingerprint density at radius 1 is 1.26 bits per heavy atom. The predicted molar refractivity (Wildman–Crippen MR) is 68.9 cm³/mol. The van der Waals surface area contributed by atoms with E-state index in [1.807, 2.05) is 0 Å². The van der Waals surface area contributed by atoms with Crippen LogP contribution in [0.3, 0.4) is 0 Å². The van der Waals surface area contributed by atoms with E-state index < -0.39 is 0 Å². The molecule has 3 aromatic rings. The summed E-state index contributed by atoms with van der Waals surface area (Å²) in [7, 11) is 0. The van der Waals surface area contributed by atoms with E-state index >= 15 is 0 Å². The lowest BCUT2D eigenvalue weighted by Gasteiger charge is -2.05. The van der Waals surface area contributed by atoms with Gasteiger partial charge >= 0.3 is 5.69 Å². The zero-order chi connectivity index (χ0) is 13.4. The molecule has 0 saturated heterocycles. The van der Waals surface area contributed by atoms with Crippen LogP contribution in [0.5, 0.6) is 0 Å². The van der Waals surface area contributed by atoms with Crippen LogP contribution in [0.2, 0.25) is 0 Å². The van der Waals surface area contributed by atoms with Gasteiger partial charge in [-0.25, -0.2) is 14.2 Å². The highest BCUT2D eigenvalue weighted by Gasteiger charge is 2.07. The van der Waals surface area contributed by atoms with Gasteiger partial charge in [-0.05, 0) is 25.1 Å². The SMILES string of the molecule is Cc1nc(Nc2cccc(F)c2)nc2[nH]c(=O)[nH]c12. The maximum absolute atomic E-state index is 13.1. The molecule has 3 rings (SSSR count). The summed E-state index contributed by atoms with van der Waals surface area (Å²) in [4.78, 5) is 24.7. The number of imidazole rings is 1. The van der Waals surface area contributed by atoms with Gasteiger partial charge in [0, 0.05) is 5.69 Å². The number of hydrogen-bond acceptors (Lipinski definition) is 4. The van der Waals surface area contributed by atoms with Gasteiger partial charge in [0.1, 0.15) is 11.3 Å². The number of hydrogen-bond donors (Lipinski definition) is 3. The molecule has 0 saturated carbocycles. The molecule has 2 aromatic heterocycles. The summed E-state index contributed by atoms with van der Waals surface area (Å²) < 4.78 is 13.1. The summed E-state index contributed by atoms with van der Waals surface area (Å²) in [5.41, 5.74) is 1.81. The lowest BCUT2D eigenvalue weighted by molar-refractivity contribution is 0.628. The van der Waals surface area contributed by atoms with Crippen LogP contribution in [0.1, 0.15) is 5.69 Å². The highest BCUT2D eigenvalue weighted by Crippen LogP contribution is 2.16. The Hall–Kier alpha value is -2.70. The number of fused-ring (bicyclic) bond motifs is 1. The van der Waals surface area contributed by atoms with E-state index in [0.29, 0.717) is 28.5 Å². The second kappa shape index (κ2) is 4.20. The lowest BCUT2D eigenvalue weighted by Crippen LogP contribution is -1.99. The third-order valence-electron chi connectivity index (χ3n) is 2.64. The maximum atomic E-state index is 13.1. The Bertz CT molecular complexity index is 807. The van der Waals surface area contributed by atoms with E-state index in [4.69, 9.17) is 0 Å². The van der Waals surface area contributed by atoms with E-state index in [1.165, 1.54) is 12.1 Å². The van der Waals surface area contributed by atoms with E-state index in [1.54, 1.807) is 19.1 Å². The van der Waals surface area contributed by atoms with Gasteiger partial charge in [0.25, 0.3) is 0 Å². The molecule has 19 heavy (non-hydrogen) atoms. The first-order valence-electron chi connectivity index (χ1n) is 5.61. The molecule has 96 valence electrons.